The number of nitrogens with zero attached hydrogens (tertiary/aromatic N) is 6. The molecule has 0 spiro atoms. The van der Waals surface area contributed by atoms with Crippen LogP contribution in [0.25, 0.3) is 0 Å². The number of carbonyl (C=O) groups excluding carboxylic acids is 2. The van der Waals surface area contributed by atoms with Gasteiger partial charge in [0.15, 0.2) is 11.6 Å². The standard InChI is InChI=1S/C38H52N6O2.ClH/c1-26-22-31-29-9-8-27-23-28(45)10-12-37(27,2)30(29)11-13-38(31,3)35(26)32(46)25-41-18-20-43(21-19-41)34-24-33(42-14-4-5-15-42)39-36(40-34)44-16-6-7-17-44;/h10-12,23-24,26,29,31,35H,4-9,13-22,25H2,1-3H3;1H/t26?,29-,31+,35-,37+,38+;/m1./s1. The molecule has 1 unspecified atom stereocenters. The highest BCUT2D eigenvalue weighted by Crippen LogP contribution is 2.65. The summed E-state index contributed by atoms with van der Waals surface area (Å²) in [6, 6.07) is 2.21. The molecule has 3 aliphatic heterocycles. The minimum Gasteiger partial charge on any atom is -0.356 e. The van der Waals surface area contributed by atoms with Crippen molar-refractivity contribution < 1.29 is 9.59 Å². The van der Waals surface area contributed by atoms with Gasteiger partial charge in [0, 0.05) is 69.8 Å². The molecule has 0 bridgehead atoms. The Morgan fingerprint density at radius 1 is 0.915 bits per heavy atom. The van der Waals surface area contributed by atoms with E-state index in [2.05, 4.69) is 58.6 Å². The molecule has 8 rings (SSSR count). The Hall–Kier alpha value is -2.71. The van der Waals surface area contributed by atoms with E-state index in [-0.39, 0.29) is 34.9 Å². The number of Topliss-reactive ketones (excluding diaryl/α,β-unsaturated/α-hetero) is 1. The first kappa shape index (κ1) is 32.8. The second kappa shape index (κ2) is 12.6. The van der Waals surface area contributed by atoms with E-state index in [0.717, 1.165) is 95.6 Å². The third-order valence-electron chi connectivity index (χ3n) is 13.2. The summed E-state index contributed by atoms with van der Waals surface area (Å²) in [6.45, 7) is 15.4. The molecular formula is C38H53ClN6O2. The lowest BCUT2D eigenvalue weighted by atomic mass is 9.52. The van der Waals surface area contributed by atoms with Gasteiger partial charge in [-0.15, -0.1) is 12.4 Å². The van der Waals surface area contributed by atoms with E-state index < -0.39 is 0 Å². The molecular weight excluding hydrogens is 608 g/mol. The lowest BCUT2D eigenvalue weighted by Gasteiger charge is -2.52. The van der Waals surface area contributed by atoms with Crippen molar-refractivity contribution in [3.63, 3.8) is 0 Å². The van der Waals surface area contributed by atoms with Crippen LogP contribution in [0.4, 0.5) is 17.6 Å². The molecule has 1 aromatic heterocycles. The Balaban J connectivity index is 0.00000351. The van der Waals surface area contributed by atoms with Gasteiger partial charge in [0.05, 0.1) is 6.54 Å². The van der Waals surface area contributed by atoms with Gasteiger partial charge < -0.3 is 14.7 Å². The Morgan fingerprint density at radius 2 is 1.55 bits per heavy atom. The molecule has 0 aromatic carbocycles. The van der Waals surface area contributed by atoms with Crippen molar-refractivity contribution in [3.05, 3.63) is 41.5 Å². The summed E-state index contributed by atoms with van der Waals surface area (Å²) >= 11 is 0. The number of hydrogen-bond donors (Lipinski definition) is 0. The van der Waals surface area contributed by atoms with Gasteiger partial charge in [-0.1, -0.05) is 37.1 Å². The number of rotatable bonds is 6. The fraction of sp³-hybridized carbons (Fsp3) is 0.684. The molecule has 8 nitrogen and oxygen atoms in total. The van der Waals surface area contributed by atoms with Crippen LogP contribution in [0.3, 0.4) is 0 Å². The predicted molar refractivity (Wildman–Crippen MR) is 190 cm³/mol. The predicted octanol–water partition coefficient (Wildman–Crippen LogP) is 5.88. The molecule has 4 aliphatic carbocycles. The van der Waals surface area contributed by atoms with Gasteiger partial charge >= 0.3 is 0 Å². The number of anilines is 3. The Labute approximate surface area is 287 Å². The van der Waals surface area contributed by atoms with Gasteiger partial charge in [-0.2, -0.15) is 9.97 Å². The number of hydrogen-bond acceptors (Lipinski definition) is 8. The number of carbonyl (C=O) groups is 2. The summed E-state index contributed by atoms with van der Waals surface area (Å²) < 4.78 is 0. The summed E-state index contributed by atoms with van der Waals surface area (Å²) in [4.78, 5) is 46.1. The summed E-state index contributed by atoms with van der Waals surface area (Å²) in [5, 5.41) is 0. The average Bonchev–Trinajstić information content (AvgIpc) is 3.83. The molecule has 2 saturated carbocycles. The summed E-state index contributed by atoms with van der Waals surface area (Å²) in [5.41, 5.74) is 2.68. The van der Waals surface area contributed by atoms with Gasteiger partial charge in [-0.3, -0.25) is 14.5 Å². The van der Waals surface area contributed by atoms with Crippen LogP contribution in [-0.4, -0.2) is 85.3 Å². The molecule has 0 radical (unpaired) electrons. The Kier molecular flexibility index (Phi) is 8.82. The summed E-state index contributed by atoms with van der Waals surface area (Å²) in [6.07, 6.45) is 17.4. The van der Waals surface area contributed by atoms with Crippen LogP contribution in [0.2, 0.25) is 0 Å². The van der Waals surface area contributed by atoms with Crippen LogP contribution in [0.15, 0.2) is 41.5 Å². The summed E-state index contributed by atoms with van der Waals surface area (Å²) in [7, 11) is 0. The third kappa shape index (κ3) is 5.65. The second-order valence-electron chi connectivity index (χ2n) is 15.9. The van der Waals surface area contributed by atoms with Crippen molar-refractivity contribution in [1.82, 2.24) is 14.9 Å². The highest BCUT2D eigenvalue weighted by atomic mass is 35.5. The number of aromatic nitrogens is 2. The van der Waals surface area contributed by atoms with Gasteiger partial charge in [0.25, 0.3) is 0 Å². The molecule has 47 heavy (non-hydrogen) atoms. The SMILES string of the molecule is CC1C[C@H]2[C@@H]3CCC4=CC(=O)C=C[C@]4(C)C3=CC[C@]2(C)[C@H]1C(=O)CN1CCN(c2cc(N3CCCC3)nc(N3CCCC3)n2)CC1.Cl. The maximum atomic E-state index is 14.2. The van der Waals surface area contributed by atoms with E-state index in [0.29, 0.717) is 30.1 Å². The van der Waals surface area contributed by atoms with E-state index in [1.165, 1.54) is 36.8 Å². The molecule has 0 N–H and O–H groups in total. The monoisotopic (exact) mass is 660 g/mol. The number of fused-ring (bicyclic) bond motifs is 5. The number of halogens is 1. The van der Waals surface area contributed by atoms with Crippen molar-refractivity contribution in [3.8, 4) is 0 Å². The molecule has 5 fully saturated rings. The van der Waals surface area contributed by atoms with E-state index in [4.69, 9.17) is 9.97 Å². The number of piperazine rings is 1. The Bertz CT molecular complexity index is 1450. The average molecular weight is 661 g/mol. The second-order valence-corrected chi connectivity index (χ2v) is 15.9. The van der Waals surface area contributed by atoms with E-state index in [1.807, 2.05) is 6.08 Å². The smallest absolute Gasteiger partial charge is 0.229 e. The fourth-order valence-electron chi connectivity index (χ4n) is 10.8. The number of allylic oxidation sites excluding steroid dienone is 6. The highest BCUT2D eigenvalue weighted by molar-refractivity contribution is 6.01. The van der Waals surface area contributed by atoms with Crippen LogP contribution in [0.5, 0.6) is 0 Å². The Morgan fingerprint density at radius 3 is 2.23 bits per heavy atom. The molecule has 4 heterocycles. The molecule has 254 valence electrons. The van der Waals surface area contributed by atoms with Crippen LogP contribution < -0.4 is 14.7 Å². The molecule has 3 saturated heterocycles. The van der Waals surface area contributed by atoms with Gasteiger partial charge in [0.2, 0.25) is 5.95 Å². The summed E-state index contributed by atoms with van der Waals surface area (Å²) in [5.74, 6) is 5.14. The zero-order chi connectivity index (χ0) is 31.6. The van der Waals surface area contributed by atoms with E-state index in [1.54, 1.807) is 6.08 Å². The minimum atomic E-state index is -0.128. The molecule has 9 heteroatoms. The van der Waals surface area contributed by atoms with Crippen LogP contribution in [-0.2, 0) is 9.59 Å². The number of ketones is 2. The van der Waals surface area contributed by atoms with Gasteiger partial charge in [-0.05, 0) is 93.6 Å². The van der Waals surface area contributed by atoms with Crippen molar-refractivity contribution in [2.24, 2.45) is 34.5 Å². The third-order valence-corrected chi connectivity index (χ3v) is 13.2. The van der Waals surface area contributed by atoms with Crippen LogP contribution in [0.1, 0.15) is 72.1 Å². The first-order valence-corrected chi connectivity index (χ1v) is 18.3. The molecule has 1 aromatic rings. The topological polar surface area (TPSA) is 72.9 Å². The lowest BCUT2D eigenvalue weighted by Crippen LogP contribution is -2.51. The quantitative estimate of drug-likeness (QED) is 0.351. The van der Waals surface area contributed by atoms with E-state index >= 15 is 0 Å². The maximum Gasteiger partial charge on any atom is 0.229 e. The largest absolute Gasteiger partial charge is 0.356 e. The van der Waals surface area contributed by atoms with Gasteiger partial charge in [-0.25, -0.2) is 0 Å². The van der Waals surface area contributed by atoms with E-state index in [9.17, 15) is 9.59 Å². The normalized spacial score (nSPS) is 35.2. The van der Waals surface area contributed by atoms with Crippen LogP contribution in [0, 0.1) is 34.5 Å². The first-order valence-electron chi connectivity index (χ1n) is 18.3. The lowest BCUT2D eigenvalue weighted by molar-refractivity contribution is -0.129. The molecule has 0 amide bonds. The van der Waals surface area contributed by atoms with Crippen molar-refractivity contribution in [1.29, 1.82) is 0 Å². The zero-order valence-electron chi connectivity index (χ0n) is 28.6. The van der Waals surface area contributed by atoms with Crippen molar-refractivity contribution in [2.75, 3.05) is 73.6 Å². The van der Waals surface area contributed by atoms with Crippen LogP contribution >= 0.6 is 12.4 Å². The van der Waals surface area contributed by atoms with Gasteiger partial charge in [0.1, 0.15) is 11.6 Å². The molecule has 7 aliphatic rings. The minimum absolute atomic E-state index is 0. The zero-order valence-corrected chi connectivity index (χ0v) is 29.4. The maximum absolute atomic E-state index is 14.2. The fourth-order valence-corrected chi connectivity index (χ4v) is 10.8. The van der Waals surface area contributed by atoms with Crippen molar-refractivity contribution >= 4 is 41.6 Å². The highest BCUT2D eigenvalue weighted by Gasteiger charge is 2.59. The van der Waals surface area contributed by atoms with Crippen molar-refractivity contribution in [2.45, 2.75) is 72.1 Å². The molecule has 6 atom stereocenters. The first-order chi connectivity index (χ1) is 22.2.